The number of nitrogens with one attached hydrogen (secondary N) is 1. The van der Waals surface area contributed by atoms with Crippen molar-refractivity contribution in [3.05, 3.63) is 66.2 Å². The molecule has 3 aromatic rings. The summed E-state index contributed by atoms with van der Waals surface area (Å²) in [5, 5.41) is 3.09. The van der Waals surface area contributed by atoms with Crippen molar-refractivity contribution in [2.45, 2.75) is 25.8 Å². The lowest BCUT2D eigenvalue weighted by atomic mass is 10.1. The molecule has 0 bridgehead atoms. The number of fused-ring (bicyclic) bond motifs is 1. The minimum absolute atomic E-state index is 0. The van der Waals surface area contributed by atoms with Gasteiger partial charge in [-0.05, 0) is 54.3 Å². The molecule has 1 amide bonds. The van der Waals surface area contributed by atoms with E-state index in [2.05, 4.69) is 32.3 Å². The van der Waals surface area contributed by atoms with E-state index in [-0.39, 0.29) is 18.3 Å². The lowest BCUT2D eigenvalue weighted by Crippen LogP contribution is -2.31. The predicted molar refractivity (Wildman–Crippen MR) is 139 cm³/mol. The van der Waals surface area contributed by atoms with E-state index in [4.69, 9.17) is 14.2 Å². The second-order valence-electron chi connectivity index (χ2n) is 9.00. The van der Waals surface area contributed by atoms with Crippen LogP contribution in [-0.4, -0.2) is 54.3 Å². The summed E-state index contributed by atoms with van der Waals surface area (Å²) in [6.07, 6.45) is 5.59. The first-order valence-electron chi connectivity index (χ1n) is 12.0. The maximum absolute atomic E-state index is 12.4. The Bertz CT molecular complexity index is 1160. The number of hydrogen-bond acceptors (Lipinski definition) is 7. The van der Waals surface area contributed by atoms with Crippen molar-refractivity contribution >= 4 is 18.3 Å². The van der Waals surface area contributed by atoms with Gasteiger partial charge in [0, 0.05) is 50.4 Å². The highest BCUT2D eigenvalue weighted by Gasteiger charge is 2.23. The van der Waals surface area contributed by atoms with Crippen molar-refractivity contribution in [3.8, 4) is 28.4 Å². The first-order chi connectivity index (χ1) is 17.2. The number of rotatable bonds is 9. The van der Waals surface area contributed by atoms with Crippen LogP contribution in [0.2, 0.25) is 0 Å². The summed E-state index contributed by atoms with van der Waals surface area (Å²) in [6, 6.07) is 13.9. The summed E-state index contributed by atoms with van der Waals surface area (Å²) in [7, 11) is 1.65. The summed E-state index contributed by atoms with van der Waals surface area (Å²) < 4.78 is 16.1. The van der Waals surface area contributed by atoms with Gasteiger partial charge in [-0.3, -0.25) is 9.69 Å². The predicted octanol–water partition coefficient (Wildman–Crippen LogP) is 3.87. The Kier molecular flexibility index (Phi) is 8.61. The van der Waals surface area contributed by atoms with Crippen LogP contribution in [0, 0.1) is 5.92 Å². The third kappa shape index (κ3) is 6.44. The molecule has 5 rings (SSSR count). The van der Waals surface area contributed by atoms with Crippen LogP contribution in [0.5, 0.6) is 17.2 Å². The Morgan fingerprint density at radius 3 is 2.64 bits per heavy atom. The molecule has 0 spiro atoms. The lowest BCUT2D eigenvalue weighted by molar-refractivity contribution is -0.121. The minimum Gasteiger partial charge on any atom is -0.497 e. The van der Waals surface area contributed by atoms with Crippen LogP contribution in [0.25, 0.3) is 11.1 Å². The largest absolute Gasteiger partial charge is 0.497 e. The third-order valence-electron chi connectivity index (χ3n) is 6.51. The normalized spacial score (nSPS) is 16.4. The van der Waals surface area contributed by atoms with Gasteiger partial charge in [0.05, 0.1) is 7.11 Å². The van der Waals surface area contributed by atoms with Crippen molar-refractivity contribution < 1.29 is 19.0 Å². The van der Waals surface area contributed by atoms with E-state index in [1.807, 2.05) is 30.3 Å². The van der Waals surface area contributed by atoms with E-state index in [0.29, 0.717) is 37.9 Å². The van der Waals surface area contributed by atoms with E-state index in [1.165, 1.54) is 5.56 Å². The monoisotopic (exact) mass is 510 g/mol. The third-order valence-corrected chi connectivity index (χ3v) is 6.51. The number of ether oxygens (including phenoxy) is 3. The number of carbonyl (C=O) groups is 1. The van der Waals surface area contributed by atoms with Crippen molar-refractivity contribution in [2.75, 3.05) is 33.5 Å². The van der Waals surface area contributed by atoms with Gasteiger partial charge in [0.1, 0.15) is 11.6 Å². The van der Waals surface area contributed by atoms with Crippen LogP contribution in [0.1, 0.15) is 24.2 Å². The first-order valence-corrected chi connectivity index (χ1v) is 12.0. The molecular formula is C27H31ClN4O4. The summed E-state index contributed by atoms with van der Waals surface area (Å²) >= 11 is 0. The average molecular weight is 511 g/mol. The van der Waals surface area contributed by atoms with Crippen LogP contribution in [-0.2, 0) is 17.8 Å². The smallest absolute Gasteiger partial charge is 0.231 e. The van der Waals surface area contributed by atoms with Crippen LogP contribution < -0.4 is 19.5 Å². The van der Waals surface area contributed by atoms with Gasteiger partial charge in [0.2, 0.25) is 12.7 Å². The summed E-state index contributed by atoms with van der Waals surface area (Å²) in [5.41, 5.74) is 3.18. The fourth-order valence-electron chi connectivity index (χ4n) is 4.51. The van der Waals surface area contributed by atoms with Crippen LogP contribution >= 0.6 is 12.4 Å². The zero-order chi connectivity index (χ0) is 24.0. The molecule has 1 atom stereocenters. The van der Waals surface area contributed by atoms with Gasteiger partial charge in [-0.2, -0.15) is 0 Å². The number of likely N-dealkylation sites (tertiary alicyclic amines) is 1. The Labute approximate surface area is 217 Å². The Morgan fingerprint density at radius 1 is 1.08 bits per heavy atom. The number of hydrogen-bond donors (Lipinski definition) is 1. The standard InChI is InChI=1S/C27H30N4O4.ClH/c1-33-23-5-3-21(4-6-23)22-14-28-26(29-15-22)8-9-27(32)30-13-20-10-11-31(17-20)16-19-2-7-24-25(12-19)35-18-34-24;/h2-7,12,14-15,20H,8-11,13,16-18H2,1H3,(H,30,32);1H. The Hall–Kier alpha value is -3.36. The number of carbonyl (C=O) groups excluding carboxylic acids is 1. The molecular weight excluding hydrogens is 480 g/mol. The molecule has 0 aliphatic carbocycles. The molecule has 1 saturated heterocycles. The van der Waals surface area contributed by atoms with Gasteiger partial charge in [0.25, 0.3) is 0 Å². The molecule has 0 saturated carbocycles. The molecule has 2 aliphatic heterocycles. The topological polar surface area (TPSA) is 85.8 Å². The maximum Gasteiger partial charge on any atom is 0.231 e. The highest BCUT2D eigenvalue weighted by Crippen LogP contribution is 2.33. The fourth-order valence-corrected chi connectivity index (χ4v) is 4.51. The fraction of sp³-hybridized carbons (Fsp3) is 0.370. The Morgan fingerprint density at radius 2 is 1.86 bits per heavy atom. The summed E-state index contributed by atoms with van der Waals surface area (Å²) in [6.45, 7) is 3.89. The number of aromatic nitrogens is 2. The molecule has 1 fully saturated rings. The van der Waals surface area contributed by atoms with E-state index >= 15 is 0 Å². The number of benzene rings is 2. The lowest BCUT2D eigenvalue weighted by Gasteiger charge is -2.16. The van der Waals surface area contributed by atoms with E-state index in [9.17, 15) is 4.79 Å². The SMILES string of the molecule is COc1ccc(-c2cnc(CCC(=O)NCC3CCN(Cc4ccc5c(c4)OCO5)C3)nc2)cc1.Cl. The number of aryl methyl sites for hydroxylation is 1. The van der Waals surface area contributed by atoms with Crippen molar-refractivity contribution in [2.24, 2.45) is 5.92 Å². The second kappa shape index (κ2) is 12.1. The molecule has 1 aromatic heterocycles. The van der Waals surface area contributed by atoms with Crippen LogP contribution in [0.3, 0.4) is 0 Å². The van der Waals surface area contributed by atoms with Crippen LogP contribution in [0.15, 0.2) is 54.9 Å². The quantitative estimate of drug-likeness (QED) is 0.467. The maximum atomic E-state index is 12.4. The van der Waals surface area contributed by atoms with Gasteiger partial charge >= 0.3 is 0 Å². The molecule has 3 heterocycles. The van der Waals surface area contributed by atoms with Gasteiger partial charge in [-0.25, -0.2) is 9.97 Å². The summed E-state index contributed by atoms with van der Waals surface area (Å²) in [5.74, 6) is 3.63. The zero-order valence-corrected chi connectivity index (χ0v) is 21.1. The van der Waals surface area contributed by atoms with Gasteiger partial charge < -0.3 is 19.5 Å². The highest BCUT2D eigenvalue weighted by molar-refractivity contribution is 5.85. The van der Waals surface area contributed by atoms with Gasteiger partial charge in [-0.1, -0.05) is 18.2 Å². The molecule has 2 aliphatic rings. The average Bonchev–Trinajstić information content (AvgIpc) is 3.56. The second-order valence-corrected chi connectivity index (χ2v) is 9.00. The first kappa shape index (κ1) is 25.7. The Balaban J connectivity index is 0.00000304. The van der Waals surface area contributed by atoms with E-state index in [0.717, 1.165) is 54.4 Å². The molecule has 1 N–H and O–H groups in total. The van der Waals surface area contributed by atoms with Gasteiger partial charge in [-0.15, -0.1) is 12.4 Å². The van der Waals surface area contributed by atoms with Crippen molar-refractivity contribution in [1.82, 2.24) is 20.2 Å². The molecule has 36 heavy (non-hydrogen) atoms. The molecule has 2 aromatic carbocycles. The number of nitrogens with zero attached hydrogens (tertiary/aromatic N) is 3. The van der Waals surface area contributed by atoms with E-state index < -0.39 is 0 Å². The van der Waals surface area contributed by atoms with Crippen molar-refractivity contribution in [3.63, 3.8) is 0 Å². The summed E-state index contributed by atoms with van der Waals surface area (Å²) in [4.78, 5) is 23.7. The van der Waals surface area contributed by atoms with Gasteiger partial charge in [0.15, 0.2) is 11.5 Å². The molecule has 190 valence electrons. The van der Waals surface area contributed by atoms with Crippen molar-refractivity contribution in [1.29, 1.82) is 0 Å². The molecule has 9 heteroatoms. The number of methoxy groups -OCH3 is 1. The zero-order valence-electron chi connectivity index (χ0n) is 20.3. The highest BCUT2D eigenvalue weighted by atomic mass is 35.5. The van der Waals surface area contributed by atoms with E-state index in [1.54, 1.807) is 19.5 Å². The number of amides is 1. The minimum atomic E-state index is 0. The molecule has 8 nitrogen and oxygen atoms in total. The van der Waals surface area contributed by atoms with Crippen LogP contribution in [0.4, 0.5) is 0 Å². The molecule has 0 radical (unpaired) electrons. The molecule has 1 unspecified atom stereocenters. The number of halogens is 1.